The highest BCUT2D eigenvalue weighted by Crippen LogP contribution is 2.13. The van der Waals surface area contributed by atoms with E-state index in [0.29, 0.717) is 19.3 Å². The monoisotopic (exact) mass is 865 g/mol. The average Bonchev–Trinajstić information content (AvgIpc) is 3.23. The first-order valence-corrected chi connectivity index (χ1v) is 24.3. The number of esters is 2. The highest BCUT2D eigenvalue weighted by Gasteiger charge is 2.31. The Labute approximate surface area is 379 Å². The first-order valence-electron chi connectivity index (χ1n) is 24.3. The summed E-state index contributed by atoms with van der Waals surface area (Å²) in [5.41, 5.74) is 0. The highest BCUT2D eigenvalue weighted by molar-refractivity contribution is 5.72. The topological polar surface area (TPSA) is 99.1 Å². The van der Waals surface area contributed by atoms with Gasteiger partial charge in [0.2, 0.25) is 0 Å². The smallest absolute Gasteiger partial charge is 0.362 e. The number of hydrogen-bond donors (Lipinski definition) is 1. The van der Waals surface area contributed by atoms with E-state index in [0.717, 1.165) is 96.3 Å². The predicted octanol–water partition coefficient (Wildman–Crippen LogP) is 13.9. The first-order chi connectivity index (χ1) is 30.1. The van der Waals surface area contributed by atoms with Crippen molar-refractivity contribution in [1.82, 2.24) is 0 Å². The van der Waals surface area contributed by atoms with Gasteiger partial charge >= 0.3 is 17.9 Å². The van der Waals surface area contributed by atoms with Crippen LogP contribution in [0.4, 0.5) is 0 Å². The number of hydrogen-bond acceptors (Lipinski definition) is 6. The van der Waals surface area contributed by atoms with Crippen molar-refractivity contribution in [2.24, 2.45) is 0 Å². The summed E-state index contributed by atoms with van der Waals surface area (Å²) in [7, 11) is 5.50. The molecular weight excluding hydrogens is 775 g/mol. The molecule has 1 N–H and O–H groups in total. The molecule has 0 bridgehead atoms. The van der Waals surface area contributed by atoms with Crippen LogP contribution in [0.1, 0.15) is 174 Å². The van der Waals surface area contributed by atoms with Crippen molar-refractivity contribution in [2.75, 3.05) is 41.0 Å². The van der Waals surface area contributed by atoms with Gasteiger partial charge in [-0.15, -0.1) is 0 Å². The number of carbonyl (C=O) groups excluding carboxylic acids is 2. The minimum absolute atomic E-state index is 0.0370. The molecule has 0 aromatic carbocycles. The average molecular weight is 865 g/mol. The molecule has 0 spiro atoms. The third-order valence-electron chi connectivity index (χ3n) is 10.2. The van der Waals surface area contributed by atoms with Crippen molar-refractivity contribution < 1.29 is 38.2 Å². The van der Waals surface area contributed by atoms with Crippen LogP contribution in [0.2, 0.25) is 0 Å². The zero-order valence-electron chi connectivity index (χ0n) is 40.0. The number of nitrogens with zero attached hydrogens (tertiary/aromatic N) is 1. The molecule has 0 aliphatic carbocycles. The molecule has 62 heavy (non-hydrogen) atoms. The second-order valence-corrected chi connectivity index (χ2v) is 17.0. The Balaban J connectivity index is 4.40. The zero-order chi connectivity index (χ0) is 45.6. The molecule has 352 valence electrons. The van der Waals surface area contributed by atoms with Gasteiger partial charge in [-0.05, 0) is 96.3 Å². The Morgan fingerprint density at radius 3 is 1.35 bits per heavy atom. The van der Waals surface area contributed by atoms with Gasteiger partial charge in [0, 0.05) is 19.3 Å². The number of ether oxygens (including phenoxy) is 3. The van der Waals surface area contributed by atoms with Crippen LogP contribution in [0, 0.1) is 0 Å². The Hall–Kier alpha value is -3.75. The summed E-state index contributed by atoms with van der Waals surface area (Å²) in [6.07, 6.45) is 58.8. The van der Waals surface area contributed by atoms with Crippen molar-refractivity contribution in [3.8, 4) is 0 Å². The molecule has 0 aliphatic heterocycles. The normalized spacial score (nSPS) is 13.8. The van der Waals surface area contributed by atoms with E-state index in [9.17, 15) is 19.5 Å². The van der Waals surface area contributed by atoms with E-state index in [1.165, 1.54) is 38.5 Å². The van der Waals surface area contributed by atoms with E-state index in [4.69, 9.17) is 14.2 Å². The third-order valence-corrected chi connectivity index (χ3v) is 10.2. The van der Waals surface area contributed by atoms with E-state index >= 15 is 0 Å². The predicted molar refractivity (Wildman–Crippen MR) is 261 cm³/mol. The van der Waals surface area contributed by atoms with Gasteiger partial charge in [-0.1, -0.05) is 156 Å². The molecule has 0 saturated carbocycles. The van der Waals surface area contributed by atoms with Crippen LogP contribution in [-0.2, 0) is 28.6 Å². The number of carbonyl (C=O) groups is 3. The highest BCUT2D eigenvalue weighted by atomic mass is 16.6. The number of unbranched alkanes of at least 4 members (excludes halogenated alkanes) is 12. The minimum Gasteiger partial charge on any atom is -0.477 e. The molecule has 8 nitrogen and oxygen atoms in total. The number of rotatable bonds is 42. The van der Waals surface area contributed by atoms with Gasteiger partial charge in [-0.2, -0.15) is 0 Å². The molecule has 0 saturated heterocycles. The molecule has 0 radical (unpaired) electrons. The van der Waals surface area contributed by atoms with Crippen LogP contribution in [0.25, 0.3) is 0 Å². The second kappa shape index (κ2) is 43.9. The van der Waals surface area contributed by atoms with E-state index in [1.807, 2.05) is 21.1 Å². The molecule has 0 aromatic rings. The van der Waals surface area contributed by atoms with E-state index < -0.39 is 18.1 Å². The fraction of sp³-hybridized carbons (Fsp3) is 0.648. The quantitative estimate of drug-likeness (QED) is 0.0282. The number of carboxylic acids is 1. The lowest BCUT2D eigenvalue weighted by atomic mass is 10.1. The lowest BCUT2D eigenvalue weighted by Crippen LogP contribution is -2.50. The molecule has 0 aliphatic rings. The van der Waals surface area contributed by atoms with Crippen molar-refractivity contribution in [3.63, 3.8) is 0 Å². The Bertz CT molecular complexity index is 1330. The fourth-order valence-electron chi connectivity index (χ4n) is 6.48. The molecule has 0 heterocycles. The van der Waals surface area contributed by atoms with Crippen molar-refractivity contribution in [1.29, 1.82) is 0 Å². The summed E-state index contributed by atoms with van der Waals surface area (Å²) in [5.74, 6) is -1.54. The summed E-state index contributed by atoms with van der Waals surface area (Å²) in [6, 6.07) is -0.629. The minimum atomic E-state index is -0.887. The van der Waals surface area contributed by atoms with Gasteiger partial charge in [-0.25, -0.2) is 4.79 Å². The van der Waals surface area contributed by atoms with E-state index in [-0.39, 0.29) is 42.7 Å². The molecular formula is C54H90NO7+. The van der Waals surface area contributed by atoms with Crippen LogP contribution in [0.3, 0.4) is 0 Å². The maximum absolute atomic E-state index is 12.8. The first kappa shape index (κ1) is 58.2. The molecule has 0 rings (SSSR count). The van der Waals surface area contributed by atoms with Crippen molar-refractivity contribution in [3.05, 3.63) is 97.2 Å². The zero-order valence-corrected chi connectivity index (χ0v) is 40.0. The SMILES string of the molecule is CC/C=C\C/C=C\C/C=C\C/C=C\C/C=C\CCCCCC(=O)OC(COCCC(C(=O)O)[N+](C)(C)C)COC(=O)CCCCCCCC/C=C\C/C=C\C/C=C\CCCCC. The Morgan fingerprint density at radius 1 is 0.500 bits per heavy atom. The van der Waals surface area contributed by atoms with Crippen LogP contribution in [0.5, 0.6) is 0 Å². The molecule has 0 aromatic heterocycles. The molecule has 2 unspecified atom stereocenters. The number of likely N-dealkylation sites (N-methyl/N-ethyl adjacent to an activating group) is 1. The van der Waals surface area contributed by atoms with Crippen LogP contribution in [0.15, 0.2) is 97.2 Å². The maximum atomic E-state index is 12.8. The fourth-order valence-corrected chi connectivity index (χ4v) is 6.48. The largest absolute Gasteiger partial charge is 0.477 e. The summed E-state index contributed by atoms with van der Waals surface area (Å²) in [4.78, 5) is 37.1. The van der Waals surface area contributed by atoms with E-state index in [2.05, 4.69) is 111 Å². The second-order valence-electron chi connectivity index (χ2n) is 17.0. The summed E-state index contributed by atoms with van der Waals surface area (Å²) >= 11 is 0. The van der Waals surface area contributed by atoms with Gasteiger partial charge in [0.05, 0.1) is 34.4 Å². The molecule has 8 heteroatoms. The summed E-state index contributed by atoms with van der Waals surface area (Å²) in [6.45, 7) is 4.53. The lowest BCUT2D eigenvalue weighted by Gasteiger charge is -2.31. The summed E-state index contributed by atoms with van der Waals surface area (Å²) < 4.78 is 17.3. The third kappa shape index (κ3) is 41.6. The number of carboxylic acid groups (broad SMARTS) is 1. The van der Waals surface area contributed by atoms with Crippen LogP contribution < -0.4 is 0 Å². The van der Waals surface area contributed by atoms with Gasteiger partial charge in [0.1, 0.15) is 6.61 Å². The maximum Gasteiger partial charge on any atom is 0.362 e. The van der Waals surface area contributed by atoms with Gasteiger partial charge < -0.3 is 23.8 Å². The summed E-state index contributed by atoms with van der Waals surface area (Å²) in [5, 5.41) is 9.64. The Kier molecular flexibility index (Phi) is 41.2. The number of allylic oxidation sites excluding steroid dienone is 16. The standard InChI is InChI=1S/C54H89NO7/c1-6-8-10-12-14-16-18-20-22-24-26-28-30-32-34-36-38-40-42-44-52(56)61-49-50(48-60-47-46-51(54(58)59)55(3,4)5)62-53(57)45-43-41-39-37-35-33-31-29-27-25-23-21-19-17-15-13-11-9-7-2/h9,11,14-17,20-23,26-29,33,35,50-51H,6-8,10,12-13,18-19,24-25,30-32,34,36-49H2,1-5H3/p+1/b11-9-,16-14-,17-15-,22-20-,23-21-,28-26-,29-27-,35-33-. The van der Waals surface area contributed by atoms with E-state index in [1.54, 1.807) is 0 Å². The van der Waals surface area contributed by atoms with Gasteiger partial charge in [0.25, 0.3) is 0 Å². The van der Waals surface area contributed by atoms with Gasteiger partial charge in [-0.3, -0.25) is 9.59 Å². The van der Waals surface area contributed by atoms with Crippen LogP contribution in [-0.4, -0.2) is 80.6 Å². The Morgan fingerprint density at radius 2 is 0.903 bits per heavy atom. The molecule has 0 fully saturated rings. The van der Waals surface area contributed by atoms with Crippen molar-refractivity contribution >= 4 is 17.9 Å². The van der Waals surface area contributed by atoms with Crippen LogP contribution >= 0.6 is 0 Å². The number of quaternary nitrogens is 1. The molecule has 2 atom stereocenters. The molecule has 0 amide bonds. The number of aliphatic carboxylic acids is 1. The van der Waals surface area contributed by atoms with Crippen molar-refractivity contribution in [2.45, 2.75) is 187 Å². The lowest BCUT2D eigenvalue weighted by molar-refractivity contribution is -0.887. The van der Waals surface area contributed by atoms with Gasteiger partial charge in [0.15, 0.2) is 12.1 Å².